The van der Waals surface area contributed by atoms with Crippen molar-refractivity contribution in [1.29, 1.82) is 0 Å². The molecule has 5 amide bonds. The van der Waals surface area contributed by atoms with Crippen molar-refractivity contribution in [2.24, 2.45) is 4.99 Å². The topological polar surface area (TPSA) is 184 Å². The summed E-state index contributed by atoms with van der Waals surface area (Å²) < 4.78 is 36.2. The molecule has 0 bridgehead atoms. The second kappa shape index (κ2) is 27.0. The van der Waals surface area contributed by atoms with E-state index in [9.17, 15) is 23.6 Å². The summed E-state index contributed by atoms with van der Waals surface area (Å²) >= 11 is 13.1. The summed E-state index contributed by atoms with van der Waals surface area (Å²) in [6.45, 7) is 7.23. The average Bonchev–Trinajstić information content (AvgIpc) is 3.97. The molecule has 23 heteroatoms. The molecule has 2 aromatic heterocycles. The van der Waals surface area contributed by atoms with Gasteiger partial charge in [-0.3, -0.25) is 35.1 Å². The minimum atomic E-state index is -1.06. The van der Waals surface area contributed by atoms with Crippen molar-refractivity contribution in [3.8, 4) is 0 Å². The van der Waals surface area contributed by atoms with Crippen molar-refractivity contribution in [3.63, 3.8) is 0 Å². The molecule has 6 aromatic rings. The summed E-state index contributed by atoms with van der Waals surface area (Å²) in [6.07, 6.45) is 10.2. The summed E-state index contributed by atoms with van der Waals surface area (Å²) in [5, 5.41) is 14.2. The average molecular weight is 1150 g/mol. The van der Waals surface area contributed by atoms with E-state index < -0.39 is 48.4 Å². The van der Waals surface area contributed by atoms with Gasteiger partial charge in [0.15, 0.2) is 11.6 Å². The number of halogens is 4. The lowest BCUT2D eigenvalue weighted by Crippen LogP contribution is -2.58. The van der Waals surface area contributed by atoms with Gasteiger partial charge in [-0.25, -0.2) is 43.3 Å². The molecule has 3 aliphatic rings. The van der Waals surface area contributed by atoms with Crippen LogP contribution in [0.25, 0.3) is 21.5 Å². The predicted molar refractivity (Wildman–Crippen MR) is 307 cm³/mol. The highest BCUT2D eigenvalue weighted by molar-refractivity contribution is 6.31. The maximum atomic E-state index is 15.5. The Morgan fingerprint density at radius 1 is 0.778 bits per heavy atom. The molecule has 0 spiro atoms. The molecule has 2 atom stereocenters. The van der Waals surface area contributed by atoms with E-state index in [0.717, 1.165) is 26.6 Å². The highest BCUT2D eigenvalue weighted by atomic mass is 35.5. The van der Waals surface area contributed by atoms with Gasteiger partial charge < -0.3 is 19.9 Å². The number of aromatic nitrogens is 2. The van der Waals surface area contributed by atoms with Crippen molar-refractivity contribution in [2.75, 3.05) is 56.3 Å². The van der Waals surface area contributed by atoms with Gasteiger partial charge in [0.05, 0.1) is 28.7 Å². The van der Waals surface area contributed by atoms with E-state index in [1.807, 2.05) is 72.0 Å². The lowest BCUT2D eigenvalue weighted by Gasteiger charge is -2.44. The number of hydroxylamine groups is 1. The Morgan fingerprint density at radius 2 is 1.44 bits per heavy atom. The molecule has 1 fully saturated rings. The summed E-state index contributed by atoms with van der Waals surface area (Å²) in [4.78, 5) is 83.6. The van der Waals surface area contributed by atoms with Gasteiger partial charge in [-0.2, -0.15) is 5.06 Å². The third-order valence-electron chi connectivity index (χ3n) is 14.2. The first-order valence-corrected chi connectivity index (χ1v) is 27.5. The second-order valence-corrected chi connectivity index (χ2v) is 20.7. The molecule has 0 unspecified atom stereocenters. The largest absolute Gasteiger partial charge is 0.448 e. The molecule has 0 saturated carbocycles. The first-order chi connectivity index (χ1) is 39.2. The minimum Gasteiger partial charge on any atom is -0.448 e. The molecular formula is C58H63Cl2F2N13O6. The van der Waals surface area contributed by atoms with E-state index in [-0.39, 0.29) is 66.5 Å². The zero-order valence-corrected chi connectivity index (χ0v) is 46.6. The quantitative estimate of drug-likeness (QED) is 0.0547. The number of aliphatic imine (C=N–C) groups is 1. The fraction of sp³-hybridized carbons (Fsp3) is 0.328. The summed E-state index contributed by atoms with van der Waals surface area (Å²) in [6, 6.07) is 24.5. The number of pyridine rings is 2. The number of benzene rings is 4. The standard InChI is InChI=1S/C58H63Cl2F2N13O6/c1-39(2)70-24-26-71(27-25-70)54(77)21-20-48(37-81-75(52-30-42-12-5-7-14-44(42)32-64-52)57(78)65-33-45-15-8-18-49(61)55(45)59)74(40(3)76)73(34-46-16-9-19-50(62)56(46)60)47(17-10-22-69-23-28-72-53(35-69)66-38-67-72)36-80-58(79)68-51-29-41-11-4-6-13-43(41)31-63-51/h4-9,11-16,18-19,23,28-32,35,38-39,47-48H,10,17,20-22,24-27,33-34,36-37H2,1-3H3,(H,65,78)(H,66,67)(H,63,68,79)/t47-,48-/m0/s1. The van der Waals surface area contributed by atoms with Crippen LogP contribution in [0.2, 0.25) is 10.0 Å². The summed E-state index contributed by atoms with van der Waals surface area (Å²) in [5.41, 5.74) is 3.62. The molecule has 81 heavy (non-hydrogen) atoms. The van der Waals surface area contributed by atoms with E-state index in [1.54, 1.807) is 57.9 Å². The molecule has 1 saturated heterocycles. The first kappa shape index (κ1) is 57.7. The zero-order valence-electron chi connectivity index (χ0n) is 45.1. The van der Waals surface area contributed by atoms with E-state index in [1.165, 1.54) is 36.2 Å². The Morgan fingerprint density at radius 3 is 2.15 bits per heavy atom. The van der Waals surface area contributed by atoms with Gasteiger partial charge in [0, 0.05) is 107 Å². The SMILES string of the molecule is CC(=O)N([C@@H](CCC(=O)N1CCN(C(C)C)CC1)CON(C(=O)NCc1cccc(F)c1Cl)c1cc2ccccc2cn1)N(Cc1cccc(F)c1Cl)[C@@H](CCCN1C=CN2NC=NC2=C1)COC(=O)Nc1cc2ccccc2cn1. The van der Waals surface area contributed by atoms with Gasteiger partial charge in [0.25, 0.3) is 0 Å². The van der Waals surface area contributed by atoms with Crippen LogP contribution in [0, 0.1) is 11.6 Å². The Balaban J connectivity index is 1.07. The number of carbonyl (C=O) groups is 4. The Hall–Kier alpha value is -7.95. The van der Waals surface area contributed by atoms with E-state index in [0.29, 0.717) is 62.1 Å². The lowest BCUT2D eigenvalue weighted by molar-refractivity contribution is -0.170. The molecule has 5 heterocycles. The van der Waals surface area contributed by atoms with Gasteiger partial charge in [-0.1, -0.05) is 96.0 Å². The number of urea groups is 1. The van der Waals surface area contributed by atoms with Crippen molar-refractivity contribution < 1.29 is 37.5 Å². The molecule has 0 aliphatic carbocycles. The maximum absolute atomic E-state index is 15.5. The third kappa shape index (κ3) is 14.7. The molecule has 4 aromatic carbocycles. The highest BCUT2D eigenvalue weighted by Gasteiger charge is 2.36. The normalized spacial score (nSPS) is 14.9. The lowest BCUT2D eigenvalue weighted by atomic mass is 10.1. The van der Waals surface area contributed by atoms with Crippen molar-refractivity contribution >= 4 is 86.7 Å². The molecule has 424 valence electrons. The van der Waals surface area contributed by atoms with Crippen LogP contribution < -0.4 is 21.1 Å². The number of amides is 5. The number of nitrogens with zero attached hydrogens (tertiary/aromatic N) is 10. The zero-order chi connectivity index (χ0) is 57.0. The number of anilines is 2. The van der Waals surface area contributed by atoms with Crippen LogP contribution in [0.1, 0.15) is 57.6 Å². The van der Waals surface area contributed by atoms with Crippen LogP contribution in [-0.2, 0) is 32.3 Å². The summed E-state index contributed by atoms with van der Waals surface area (Å²) in [5.74, 6) is -1.08. The maximum Gasteiger partial charge on any atom is 0.412 e. The van der Waals surface area contributed by atoms with E-state index in [4.69, 9.17) is 32.8 Å². The second-order valence-electron chi connectivity index (χ2n) is 19.9. The number of piperazine rings is 1. The van der Waals surface area contributed by atoms with E-state index >= 15 is 4.39 Å². The van der Waals surface area contributed by atoms with Crippen molar-refractivity contribution in [1.82, 2.24) is 50.4 Å². The molecule has 9 rings (SSSR count). The number of hydrazine groups is 2. The third-order valence-corrected chi connectivity index (χ3v) is 15.1. The minimum absolute atomic E-state index is 0.00536. The molecule has 19 nitrogen and oxygen atoms in total. The number of nitrogens with one attached hydrogen (secondary N) is 3. The fourth-order valence-electron chi connectivity index (χ4n) is 9.86. The van der Waals surface area contributed by atoms with Gasteiger partial charge in [-0.05, 0) is 79.3 Å². The number of ether oxygens (including phenoxy) is 1. The number of fused-ring (bicyclic) bond motifs is 3. The van der Waals surface area contributed by atoms with Crippen molar-refractivity contribution in [3.05, 3.63) is 167 Å². The summed E-state index contributed by atoms with van der Waals surface area (Å²) in [7, 11) is 0. The first-order valence-electron chi connectivity index (χ1n) is 26.7. The van der Waals surface area contributed by atoms with Crippen molar-refractivity contribution in [2.45, 2.75) is 77.7 Å². The fourth-order valence-corrected chi connectivity index (χ4v) is 10.2. The van der Waals surface area contributed by atoms with Gasteiger partial charge in [-0.15, -0.1) is 0 Å². The Labute approximate surface area is 478 Å². The molecule has 3 aliphatic heterocycles. The van der Waals surface area contributed by atoms with Crippen LogP contribution in [0.4, 0.5) is 30.0 Å². The van der Waals surface area contributed by atoms with Crippen LogP contribution >= 0.6 is 23.2 Å². The highest BCUT2D eigenvalue weighted by Crippen LogP contribution is 2.29. The predicted octanol–water partition coefficient (Wildman–Crippen LogP) is 9.81. The van der Waals surface area contributed by atoms with Crippen LogP contribution in [0.3, 0.4) is 0 Å². The molecule has 3 N–H and O–H groups in total. The Kier molecular flexibility index (Phi) is 19.2. The number of hydrogen-bond donors (Lipinski definition) is 3. The Bertz CT molecular complexity index is 3330. The van der Waals surface area contributed by atoms with E-state index in [2.05, 4.69) is 49.8 Å². The van der Waals surface area contributed by atoms with Crippen LogP contribution in [-0.4, -0.2) is 134 Å². The van der Waals surface area contributed by atoms with Gasteiger partial charge in [0.1, 0.15) is 30.4 Å². The molecule has 0 radical (unpaired) electrons. The molecular weight excluding hydrogens is 1080 g/mol. The number of hydrogen-bond acceptors (Lipinski definition) is 14. The number of carbonyl (C=O) groups excluding carboxylic acids is 4. The monoisotopic (exact) mass is 1150 g/mol. The van der Waals surface area contributed by atoms with Crippen LogP contribution in [0.15, 0.2) is 139 Å². The van der Waals surface area contributed by atoms with Crippen LogP contribution in [0.5, 0.6) is 0 Å². The smallest absolute Gasteiger partial charge is 0.412 e. The number of rotatable bonds is 22. The van der Waals surface area contributed by atoms with Gasteiger partial charge >= 0.3 is 12.1 Å². The van der Waals surface area contributed by atoms with Gasteiger partial charge in [0.2, 0.25) is 11.8 Å².